The molecule has 2 atom stereocenters. The van der Waals surface area contributed by atoms with Crippen molar-refractivity contribution >= 4 is 11.6 Å². The fourth-order valence-electron chi connectivity index (χ4n) is 1.73. The molecule has 0 saturated carbocycles. The van der Waals surface area contributed by atoms with E-state index in [4.69, 9.17) is 10.5 Å². The number of carbonyl (C=O) groups is 1. The highest BCUT2D eigenvalue weighted by molar-refractivity contribution is 5.93. The van der Waals surface area contributed by atoms with E-state index in [1.807, 2.05) is 39.0 Å². The van der Waals surface area contributed by atoms with Crippen LogP contribution in [0.1, 0.15) is 39.7 Å². The Labute approximate surface area is 128 Å². The van der Waals surface area contributed by atoms with E-state index >= 15 is 0 Å². The van der Waals surface area contributed by atoms with Crippen molar-refractivity contribution < 1.29 is 9.53 Å². The van der Waals surface area contributed by atoms with Crippen LogP contribution in [-0.2, 0) is 4.79 Å². The maximum atomic E-state index is 12.0. The van der Waals surface area contributed by atoms with E-state index in [0.29, 0.717) is 12.5 Å². The van der Waals surface area contributed by atoms with Crippen LogP contribution >= 0.6 is 0 Å². The second-order valence-electron chi connectivity index (χ2n) is 6.15. The van der Waals surface area contributed by atoms with Gasteiger partial charge in [-0.2, -0.15) is 0 Å². The molecule has 0 aliphatic rings. The summed E-state index contributed by atoms with van der Waals surface area (Å²) in [6.45, 7) is 10.7. The Bertz CT molecular complexity index is 470. The van der Waals surface area contributed by atoms with E-state index in [-0.39, 0.29) is 17.9 Å². The molecule has 0 fully saturated rings. The van der Waals surface area contributed by atoms with Gasteiger partial charge in [-0.3, -0.25) is 4.79 Å². The van der Waals surface area contributed by atoms with E-state index < -0.39 is 0 Å². The van der Waals surface area contributed by atoms with Gasteiger partial charge in [-0.1, -0.05) is 26.8 Å². The summed E-state index contributed by atoms with van der Waals surface area (Å²) < 4.78 is 5.80. The van der Waals surface area contributed by atoms with Crippen molar-refractivity contribution in [3.8, 4) is 5.75 Å². The van der Waals surface area contributed by atoms with Gasteiger partial charge < -0.3 is 15.8 Å². The van der Waals surface area contributed by atoms with Gasteiger partial charge in [0, 0.05) is 17.8 Å². The molecule has 1 aromatic carbocycles. The van der Waals surface area contributed by atoms with Crippen LogP contribution in [0.2, 0.25) is 0 Å². The number of amides is 1. The molecular formula is C17H28N2O2. The van der Waals surface area contributed by atoms with Gasteiger partial charge in [0.05, 0.1) is 12.5 Å². The molecule has 1 rings (SSSR count). The van der Waals surface area contributed by atoms with E-state index in [2.05, 4.69) is 19.2 Å². The van der Waals surface area contributed by atoms with Gasteiger partial charge in [0.15, 0.2) is 0 Å². The molecule has 0 aliphatic heterocycles. The number of hydrogen-bond donors (Lipinski definition) is 2. The average molecular weight is 292 g/mol. The van der Waals surface area contributed by atoms with Gasteiger partial charge in [0.2, 0.25) is 5.91 Å². The lowest BCUT2D eigenvalue weighted by Crippen LogP contribution is -2.34. The van der Waals surface area contributed by atoms with Crippen molar-refractivity contribution in [2.75, 3.05) is 11.9 Å². The van der Waals surface area contributed by atoms with E-state index in [9.17, 15) is 4.79 Å². The molecule has 4 heteroatoms. The van der Waals surface area contributed by atoms with Crippen LogP contribution in [0.5, 0.6) is 5.75 Å². The van der Waals surface area contributed by atoms with Crippen molar-refractivity contribution in [2.24, 2.45) is 17.6 Å². The summed E-state index contributed by atoms with van der Waals surface area (Å²) in [6, 6.07) is 5.55. The van der Waals surface area contributed by atoms with Crippen molar-refractivity contribution in [2.45, 2.75) is 47.1 Å². The number of rotatable bonds is 7. The Kier molecular flexibility index (Phi) is 6.69. The number of carbonyl (C=O) groups excluding carboxylic acids is 1. The lowest BCUT2D eigenvalue weighted by molar-refractivity contribution is -0.119. The van der Waals surface area contributed by atoms with Crippen LogP contribution < -0.4 is 15.8 Å². The molecule has 0 bridgehead atoms. The third kappa shape index (κ3) is 5.76. The van der Waals surface area contributed by atoms with Gasteiger partial charge >= 0.3 is 0 Å². The molecule has 1 aromatic rings. The highest BCUT2D eigenvalue weighted by Gasteiger charge is 2.17. The SMILES string of the molecule is Cc1ccc(NC(=O)C(C)C(C)N)cc1OCCC(C)C. The highest BCUT2D eigenvalue weighted by Crippen LogP contribution is 2.23. The summed E-state index contributed by atoms with van der Waals surface area (Å²) in [5.74, 6) is 1.14. The molecule has 2 unspecified atom stereocenters. The first-order valence-electron chi connectivity index (χ1n) is 7.61. The Balaban J connectivity index is 2.70. The standard InChI is InChI=1S/C17H28N2O2/c1-11(2)8-9-21-16-10-15(7-6-12(16)3)19-17(20)13(4)14(5)18/h6-7,10-11,13-14H,8-9,18H2,1-5H3,(H,19,20). The van der Waals surface area contributed by atoms with Crippen molar-refractivity contribution in [1.82, 2.24) is 0 Å². The minimum absolute atomic E-state index is 0.0676. The number of ether oxygens (including phenoxy) is 1. The van der Waals surface area contributed by atoms with E-state index in [0.717, 1.165) is 23.4 Å². The zero-order valence-corrected chi connectivity index (χ0v) is 13.8. The maximum Gasteiger partial charge on any atom is 0.228 e. The highest BCUT2D eigenvalue weighted by atomic mass is 16.5. The maximum absolute atomic E-state index is 12.0. The third-order valence-electron chi connectivity index (χ3n) is 3.61. The smallest absolute Gasteiger partial charge is 0.228 e. The molecular weight excluding hydrogens is 264 g/mol. The van der Waals surface area contributed by atoms with Crippen molar-refractivity contribution in [1.29, 1.82) is 0 Å². The molecule has 4 nitrogen and oxygen atoms in total. The summed E-state index contributed by atoms with van der Waals surface area (Å²) in [6.07, 6.45) is 1.01. The van der Waals surface area contributed by atoms with Gasteiger partial charge in [0.25, 0.3) is 0 Å². The molecule has 0 aromatic heterocycles. The van der Waals surface area contributed by atoms with E-state index in [1.165, 1.54) is 0 Å². The molecule has 0 aliphatic carbocycles. The summed E-state index contributed by atoms with van der Waals surface area (Å²) in [5.41, 5.74) is 7.57. The first-order valence-corrected chi connectivity index (χ1v) is 7.61. The molecule has 1 amide bonds. The van der Waals surface area contributed by atoms with Gasteiger partial charge in [-0.15, -0.1) is 0 Å². The van der Waals surface area contributed by atoms with Crippen LogP contribution in [-0.4, -0.2) is 18.6 Å². The number of anilines is 1. The molecule has 0 spiro atoms. The Hall–Kier alpha value is -1.55. The predicted molar refractivity (Wildman–Crippen MR) is 87.6 cm³/mol. The first kappa shape index (κ1) is 17.5. The molecule has 0 heterocycles. The fraction of sp³-hybridized carbons (Fsp3) is 0.588. The fourth-order valence-corrected chi connectivity index (χ4v) is 1.73. The van der Waals surface area contributed by atoms with Crippen LogP contribution in [0.25, 0.3) is 0 Å². The Morgan fingerprint density at radius 3 is 2.52 bits per heavy atom. The average Bonchev–Trinajstić information content (AvgIpc) is 2.40. The number of nitrogens with one attached hydrogen (secondary N) is 1. The first-order chi connectivity index (χ1) is 9.81. The van der Waals surface area contributed by atoms with Crippen molar-refractivity contribution in [3.63, 3.8) is 0 Å². The largest absolute Gasteiger partial charge is 0.493 e. The van der Waals surface area contributed by atoms with Gasteiger partial charge in [-0.05, 0) is 37.8 Å². The Morgan fingerprint density at radius 1 is 1.29 bits per heavy atom. The third-order valence-corrected chi connectivity index (χ3v) is 3.61. The molecule has 21 heavy (non-hydrogen) atoms. The normalized spacial score (nSPS) is 13.9. The van der Waals surface area contributed by atoms with Crippen molar-refractivity contribution in [3.05, 3.63) is 23.8 Å². The number of nitrogens with two attached hydrogens (primary N) is 1. The molecule has 0 radical (unpaired) electrons. The molecule has 118 valence electrons. The zero-order chi connectivity index (χ0) is 16.0. The quantitative estimate of drug-likeness (QED) is 0.810. The summed E-state index contributed by atoms with van der Waals surface area (Å²) >= 11 is 0. The van der Waals surface area contributed by atoms with E-state index in [1.54, 1.807) is 0 Å². The topological polar surface area (TPSA) is 64.4 Å². The summed E-state index contributed by atoms with van der Waals surface area (Å²) in [7, 11) is 0. The summed E-state index contributed by atoms with van der Waals surface area (Å²) in [5, 5.41) is 2.89. The monoisotopic (exact) mass is 292 g/mol. The van der Waals surface area contributed by atoms with Crippen LogP contribution in [0, 0.1) is 18.8 Å². The Morgan fingerprint density at radius 2 is 1.95 bits per heavy atom. The van der Waals surface area contributed by atoms with Crippen LogP contribution in [0.4, 0.5) is 5.69 Å². The lowest BCUT2D eigenvalue weighted by atomic mass is 10.0. The van der Waals surface area contributed by atoms with Gasteiger partial charge in [0.1, 0.15) is 5.75 Å². The number of benzene rings is 1. The second kappa shape index (κ2) is 8.03. The molecule has 3 N–H and O–H groups in total. The predicted octanol–water partition coefficient (Wildman–Crippen LogP) is 3.34. The second-order valence-corrected chi connectivity index (χ2v) is 6.15. The minimum Gasteiger partial charge on any atom is -0.493 e. The lowest BCUT2D eigenvalue weighted by Gasteiger charge is -2.16. The van der Waals surface area contributed by atoms with Gasteiger partial charge in [-0.25, -0.2) is 0 Å². The minimum atomic E-state index is -0.225. The summed E-state index contributed by atoms with van der Waals surface area (Å²) in [4.78, 5) is 12.0. The number of hydrogen-bond acceptors (Lipinski definition) is 3. The number of aryl methyl sites for hydroxylation is 1. The molecule has 0 saturated heterocycles. The van der Waals surface area contributed by atoms with Crippen LogP contribution in [0.3, 0.4) is 0 Å². The van der Waals surface area contributed by atoms with Crippen LogP contribution in [0.15, 0.2) is 18.2 Å². The zero-order valence-electron chi connectivity index (χ0n) is 13.8.